The van der Waals surface area contributed by atoms with Gasteiger partial charge in [0.05, 0.1) is 16.8 Å². The smallest absolute Gasteiger partial charge is 0.182 e. The molecule has 0 heterocycles. The van der Waals surface area contributed by atoms with E-state index in [4.69, 9.17) is 22.1 Å². The highest BCUT2D eigenvalue weighted by atomic mass is 35.5. The summed E-state index contributed by atoms with van der Waals surface area (Å²) < 4.78 is 32.3. The Morgan fingerprint density at radius 1 is 1.12 bits per heavy atom. The SMILES string of the molecule is CCOC[C@]1(CN)[C@H](c2ccc(C)cc2)[C@@H]1S(=O)(=O)c1ccc(Cl)cc1. The second-order valence-electron chi connectivity index (χ2n) is 6.88. The van der Waals surface area contributed by atoms with Gasteiger partial charge in [-0.15, -0.1) is 0 Å². The molecule has 0 radical (unpaired) electrons. The van der Waals surface area contributed by atoms with Gasteiger partial charge >= 0.3 is 0 Å². The molecule has 0 saturated heterocycles. The van der Waals surface area contributed by atoms with Crippen molar-refractivity contribution >= 4 is 21.4 Å². The minimum atomic E-state index is -3.56. The quantitative estimate of drug-likeness (QED) is 0.780. The molecule has 26 heavy (non-hydrogen) atoms. The van der Waals surface area contributed by atoms with Crippen molar-refractivity contribution in [1.82, 2.24) is 0 Å². The van der Waals surface area contributed by atoms with E-state index in [9.17, 15) is 8.42 Å². The van der Waals surface area contributed by atoms with E-state index < -0.39 is 20.5 Å². The highest BCUT2D eigenvalue weighted by Crippen LogP contribution is 2.63. The molecule has 1 saturated carbocycles. The zero-order valence-corrected chi connectivity index (χ0v) is 16.6. The second kappa shape index (κ2) is 7.31. The van der Waals surface area contributed by atoms with E-state index in [1.165, 1.54) is 0 Å². The Morgan fingerprint density at radius 2 is 1.73 bits per heavy atom. The van der Waals surface area contributed by atoms with Gasteiger partial charge in [-0.1, -0.05) is 41.4 Å². The molecule has 1 fully saturated rings. The Morgan fingerprint density at radius 3 is 2.27 bits per heavy atom. The van der Waals surface area contributed by atoms with Crippen molar-refractivity contribution in [1.29, 1.82) is 0 Å². The van der Waals surface area contributed by atoms with Gasteiger partial charge in [-0.05, 0) is 43.7 Å². The first-order valence-electron chi connectivity index (χ1n) is 8.70. The highest BCUT2D eigenvalue weighted by Gasteiger charge is 2.70. The van der Waals surface area contributed by atoms with Crippen molar-refractivity contribution in [3.63, 3.8) is 0 Å². The molecule has 0 aliphatic heterocycles. The number of ether oxygens (including phenoxy) is 1. The van der Waals surface area contributed by atoms with E-state index in [2.05, 4.69) is 0 Å². The Balaban J connectivity index is 2.03. The minimum absolute atomic E-state index is 0.180. The summed E-state index contributed by atoms with van der Waals surface area (Å²) in [4.78, 5) is 0.274. The van der Waals surface area contributed by atoms with Gasteiger partial charge in [0.1, 0.15) is 0 Å². The lowest BCUT2D eigenvalue weighted by Gasteiger charge is -2.16. The largest absolute Gasteiger partial charge is 0.381 e. The second-order valence-corrected chi connectivity index (χ2v) is 9.39. The number of rotatable bonds is 7. The zero-order chi connectivity index (χ0) is 18.9. The molecule has 140 valence electrons. The molecule has 0 aromatic heterocycles. The number of benzene rings is 2. The number of aryl methyl sites for hydroxylation is 1. The van der Waals surface area contributed by atoms with Crippen LogP contribution in [0.4, 0.5) is 0 Å². The number of sulfone groups is 1. The predicted octanol–water partition coefficient (Wildman–Crippen LogP) is 3.57. The van der Waals surface area contributed by atoms with Crippen LogP contribution in [0.3, 0.4) is 0 Å². The van der Waals surface area contributed by atoms with E-state index in [0.717, 1.165) is 11.1 Å². The average Bonchev–Trinajstić information content (AvgIpc) is 3.31. The fourth-order valence-electron chi connectivity index (χ4n) is 3.76. The molecule has 1 aliphatic rings. The van der Waals surface area contributed by atoms with Gasteiger partial charge in [-0.25, -0.2) is 8.42 Å². The maximum atomic E-state index is 13.3. The molecule has 0 bridgehead atoms. The van der Waals surface area contributed by atoms with E-state index in [1.54, 1.807) is 24.3 Å². The molecule has 3 atom stereocenters. The van der Waals surface area contributed by atoms with Crippen LogP contribution in [0.1, 0.15) is 24.0 Å². The summed E-state index contributed by atoms with van der Waals surface area (Å²) in [7, 11) is -3.56. The van der Waals surface area contributed by atoms with Crippen LogP contribution < -0.4 is 5.73 Å². The first-order valence-corrected chi connectivity index (χ1v) is 10.6. The third-order valence-electron chi connectivity index (χ3n) is 5.25. The monoisotopic (exact) mass is 393 g/mol. The van der Waals surface area contributed by atoms with Gasteiger partial charge < -0.3 is 10.5 Å². The van der Waals surface area contributed by atoms with Crippen molar-refractivity contribution in [3.05, 3.63) is 64.7 Å². The zero-order valence-electron chi connectivity index (χ0n) is 15.0. The first kappa shape index (κ1) is 19.4. The number of hydrogen-bond donors (Lipinski definition) is 1. The van der Waals surface area contributed by atoms with Crippen molar-refractivity contribution in [2.75, 3.05) is 19.8 Å². The van der Waals surface area contributed by atoms with Crippen LogP contribution in [0, 0.1) is 12.3 Å². The normalized spacial score (nSPS) is 25.2. The summed E-state index contributed by atoms with van der Waals surface area (Å²) in [6, 6.07) is 14.3. The number of nitrogens with two attached hydrogens (primary N) is 1. The van der Waals surface area contributed by atoms with Crippen molar-refractivity contribution in [2.45, 2.75) is 29.9 Å². The molecule has 2 aromatic rings. The molecular formula is C20H24ClNO3S. The van der Waals surface area contributed by atoms with Crippen molar-refractivity contribution < 1.29 is 13.2 Å². The lowest BCUT2D eigenvalue weighted by Crippen LogP contribution is -2.29. The first-order chi connectivity index (χ1) is 12.4. The number of halogens is 1. The van der Waals surface area contributed by atoms with Gasteiger partial charge in [0, 0.05) is 29.5 Å². The maximum Gasteiger partial charge on any atom is 0.182 e. The molecular weight excluding hydrogens is 370 g/mol. The maximum absolute atomic E-state index is 13.3. The molecule has 0 spiro atoms. The third kappa shape index (κ3) is 3.29. The number of hydrogen-bond acceptors (Lipinski definition) is 4. The van der Waals surface area contributed by atoms with Crippen LogP contribution >= 0.6 is 11.6 Å². The van der Waals surface area contributed by atoms with Gasteiger partial charge in [0.2, 0.25) is 0 Å². The standard InChI is InChI=1S/C20H24ClNO3S/c1-3-25-13-20(12-22)18(15-6-4-14(2)5-7-15)19(20)26(23,24)17-10-8-16(21)9-11-17/h4-11,18-19H,3,12-13,22H2,1-2H3/t18-,19+,20-/m1/s1. The third-order valence-corrected chi connectivity index (χ3v) is 7.84. The molecule has 3 rings (SSSR count). The van der Waals surface area contributed by atoms with Crippen LogP contribution in [0.5, 0.6) is 0 Å². The topological polar surface area (TPSA) is 69.4 Å². The molecule has 4 nitrogen and oxygen atoms in total. The highest BCUT2D eigenvalue weighted by molar-refractivity contribution is 7.92. The molecule has 2 aromatic carbocycles. The predicted molar refractivity (Wildman–Crippen MR) is 104 cm³/mol. The Bertz CT molecular complexity index is 865. The summed E-state index contributed by atoms with van der Waals surface area (Å²) in [6.45, 7) is 5.01. The van der Waals surface area contributed by atoms with Crippen molar-refractivity contribution in [3.8, 4) is 0 Å². The average molecular weight is 394 g/mol. The van der Waals surface area contributed by atoms with Crippen LogP contribution in [0.15, 0.2) is 53.4 Å². The van der Waals surface area contributed by atoms with Gasteiger partial charge in [-0.2, -0.15) is 0 Å². The van der Waals surface area contributed by atoms with Gasteiger partial charge in [0.25, 0.3) is 0 Å². The summed E-state index contributed by atoms with van der Waals surface area (Å²) in [5, 5.41) is -0.0929. The van der Waals surface area contributed by atoms with E-state index in [1.807, 2.05) is 38.1 Å². The van der Waals surface area contributed by atoms with E-state index in [0.29, 0.717) is 18.2 Å². The van der Waals surface area contributed by atoms with Gasteiger partial charge in [0.15, 0.2) is 9.84 Å². The van der Waals surface area contributed by atoms with E-state index >= 15 is 0 Å². The molecule has 0 unspecified atom stereocenters. The Labute approximate surface area is 160 Å². The summed E-state index contributed by atoms with van der Waals surface area (Å²) in [6.07, 6.45) is 0. The lowest BCUT2D eigenvalue weighted by molar-refractivity contribution is 0.101. The fourth-order valence-corrected chi connectivity index (χ4v) is 6.33. The summed E-state index contributed by atoms with van der Waals surface area (Å²) >= 11 is 5.91. The molecule has 6 heteroatoms. The minimum Gasteiger partial charge on any atom is -0.381 e. The van der Waals surface area contributed by atoms with E-state index in [-0.39, 0.29) is 17.4 Å². The van der Waals surface area contributed by atoms with Gasteiger partial charge in [-0.3, -0.25) is 0 Å². The Kier molecular flexibility index (Phi) is 5.45. The summed E-state index contributed by atoms with van der Waals surface area (Å²) in [5.41, 5.74) is 7.61. The van der Waals surface area contributed by atoms with Crippen LogP contribution in [0.2, 0.25) is 5.02 Å². The molecule has 1 aliphatic carbocycles. The van der Waals surface area contributed by atoms with Crippen LogP contribution in [-0.2, 0) is 14.6 Å². The van der Waals surface area contributed by atoms with Crippen LogP contribution in [-0.4, -0.2) is 33.4 Å². The summed E-state index contributed by atoms with van der Waals surface area (Å²) in [5.74, 6) is -0.180. The Hall–Kier alpha value is -1.40. The lowest BCUT2D eigenvalue weighted by atomic mass is 9.99. The fraction of sp³-hybridized carbons (Fsp3) is 0.400. The van der Waals surface area contributed by atoms with Crippen LogP contribution in [0.25, 0.3) is 0 Å². The van der Waals surface area contributed by atoms with Crippen molar-refractivity contribution in [2.24, 2.45) is 11.1 Å². The molecule has 0 amide bonds. The molecule has 2 N–H and O–H groups in total.